The second-order valence-corrected chi connectivity index (χ2v) is 3.98. The van der Waals surface area contributed by atoms with Crippen LogP contribution < -0.4 is 4.74 Å². The van der Waals surface area contributed by atoms with E-state index in [1.54, 1.807) is 18.3 Å². The number of halogens is 1. The van der Waals surface area contributed by atoms with Crippen LogP contribution in [0.5, 0.6) is 5.88 Å². The number of nitrogens with zero attached hydrogens (tertiary/aromatic N) is 1. The molecule has 0 bridgehead atoms. The van der Waals surface area contributed by atoms with E-state index in [1.807, 2.05) is 24.3 Å². The van der Waals surface area contributed by atoms with Crippen LogP contribution in [0.25, 0.3) is 0 Å². The minimum Gasteiger partial charge on any atom is -0.473 e. The number of aromatic nitrogens is 1. The molecule has 2 rings (SSSR count). The average Bonchev–Trinajstić information content (AvgIpc) is 2.38. The van der Waals surface area contributed by atoms with Gasteiger partial charge in [-0.2, -0.15) is 0 Å². The zero-order valence-corrected chi connectivity index (χ0v) is 9.89. The standard InChI is InChI=1S/C13H12ClNO2/c14-12-5-3-10(4-6-12)9-17-13-11(8-16)2-1-7-15-13/h1-7,16H,8-9H2. The van der Waals surface area contributed by atoms with Crippen molar-refractivity contribution in [3.63, 3.8) is 0 Å². The Morgan fingerprint density at radius 1 is 1.18 bits per heavy atom. The molecule has 17 heavy (non-hydrogen) atoms. The molecule has 0 aliphatic rings. The average molecular weight is 250 g/mol. The van der Waals surface area contributed by atoms with Crippen molar-refractivity contribution >= 4 is 11.6 Å². The maximum Gasteiger partial charge on any atom is 0.219 e. The Morgan fingerprint density at radius 2 is 1.94 bits per heavy atom. The Labute approximate surface area is 105 Å². The summed E-state index contributed by atoms with van der Waals surface area (Å²) in [6.07, 6.45) is 1.64. The van der Waals surface area contributed by atoms with Gasteiger partial charge >= 0.3 is 0 Å². The van der Waals surface area contributed by atoms with Gasteiger partial charge in [-0.1, -0.05) is 23.7 Å². The van der Waals surface area contributed by atoms with E-state index in [9.17, 15) is 0 Å². The van der Waals surface area contributed by atoms with Crippen LogP contribution in [0.3, 0.4) is 0 Å². The Morgan fingerprint density at radius 3 is 2.65 bits per heavy atom. The maximum absolute atomic E-state index is 9.11. The third-order valence-corrected chi connectivity index (χ3v) is 2.56. The Hall–Kier alpha value is -1.58. The molecular weight excluding hydrogens is 238 g/mol. The highest BCUT2D eigenvalue weighted by atomic mass is 35.5. The van der Waals surface area contributed by atoms with Gasteiger partial charge in [0.15, 0.2) is 0 Å². The third-order valence-electron chi connectivity index (χ3n) is 2.31. The highest BCUT2D eigenvalue weighted by molar-refractivity contribution is 6.30. The van der Waals surface area contributed by atoms with E-state index in [0.717, 1.165) is 5.56 Å². The summed E-state index contributed by atoms with van der Waals surface area (Å²) >= 11 is 5.79. The monoisotopic (exact) mass is 249 g/mol. The molecular formula is C13H12ClNO2. The quantitative estimate of drug-likeness (QED) is 0.906. The van der Waals surface area contributed by atoms with Crippen LogP contribution in [0.15, 0.2) is 42.6 Å². The minimum absolute atomic E-state index is 0.0796. The van der Waals surface area contributed by atoms with Crippen molar-refractivity contribution in [1.82, 2.24) is 4.98 Å². The Kier molecular flexibility index (Phi) is 3.96. The third kappa shape index (κ3) is 3.19. The molecule has 1 N–H and O–H groups in total. The number of hydrogen-bond acceptors (Lipinski definition) is 3. The Bertz CT molecular complexity index is 485. The lowest BCUT2D eigenvalue weighted by molar-refractivity contribution is 0.252. The molecule has 2 aromatic rings. The van der Waals surface area contributed by atoms with Gasteiger partial charge in [0, 0.05) is 16.8 Å². The summed E-state index contributed by atoms with van der Waals surface area (Å²) in [5.74, 6) is 0.463. The fourth-order valence-corrected chi connectivity index (χ4v) is 1.53. The summed E-state index contributed by atoms with van der Waals surface area (Å²) in [4.78, 5) is 4.07. The van der Waals surface area contributed by atoms with Gasteiger partial charge in [-0.25, -0.2) is 4.98 Å². The first-order valence-corrected chi connectivity index (χ1v) is 5.59. The van der Waals surface area contributed by atoms with Gasteiger partial charge in [-0.15, -0.1) is 0 Å². The summed E-state index contributed by atoms with van der Waals surface area (Å²) in [5, 5.41) is 9.81. The van der Waals surface area contributed by atoms with E-state index in [4.69, 9.17) is 21.4 Å². The molecule has 4 heteroatoms. The van der Waals surface area contributed by atoms with E-state index in [1.165, 1.54) is 0 Å². The highest BCUT2D eigenvalue weighted by Crippen LogP contribution is 2.16. The molecule has 1 aromatic heterocycles. The van der Waals surface area contributed by atoms with Gasteiger partial charge in [0.1, 0.15) is 6.61 Å². The van der Waals surface area contributed by atoms with Gasteiger partial charge in [0.2, 0.25) is 5.88 Å². The normalized spacial score (nSPS) is 10.2. The van der Waals surface area contributed by atoms with E-state index in [-0.39, 0.29) is 6.61 Å². The first-order chi connectivity index (χ1) is 8.29. The number of aliphatic hydroxyl groups excluding tert-OH is 1. The summed E-state index contributed by atoms with van der Waals surface area (Å²) in [6, 6.07) is 11.0. The van der Waals surface area contributed by atoms with Gasteiger partial charge in [-0.3, -0.25) is 0 Å². The fraction of sp³-hybridized carbons (Fsp3) is 0.154. The molecule has 0 fully saturated rings. The van der Waals surface area contributed by atoms with E-state index < -0.39 is 0 Å². The summed E-state index contributed by atoms with van der Waals surface area (Å²) in [5.41, 5.74) is 1.69. The lowest BCUT2D eigenvalue weighted by atomic mass is 10.2. The van der Waals surface area contributed by atoms with Crippen molar-refractivity contribution in [3.8, 4) is 5.88 Å². The van der Waals surface area contributed by atoms with Crippen LogP contribution in [0, 0.1) is 0 Å². The van der Waals surface area contributed by atoms with Crippen LogP contribution in [0.4, 0.5) is 0 Å². The predicted octanol–water partition coefficient (Wildman–Crippen LogP) is 2.81. The van der Waals surface area contributed by atoms with Gasteiger partial charge < -0.3 is 9.84 Å². The molecule has 0 atom stereocenters. The lowest BCUT2D eigenvalue weighted by Crippen LogP contribution is -2.00. The molecule has 0 unspecified atom stereocenters. The molecule has 1 aromatic carbocycles. The molecule has 0 spiro atoms. The lowest BCUT2D eigenvalue weighted by Gasteiger charge is -2.08. The van der Waals surface area contributed by atoms with Crippen molar-refractivity contribution in [1.29, 1.82) is 0 Å². The van der Waals surface area contributed by atoms with E-state index in [2.05, 4.69) is 4.98 Å². The van der Waals surface area contributed by atoms with Crippen LogP contribution in [-0.4, -0.2) is 10.1 Å². The zero-order chi connectivity index (χ0) is 12.1. The van der Waals surface area contributed by atoms with Gasteiger partial charge in [-0.05, 0) is 29.8 Å². The van der Waals surface area contributed by atoms with Gasteiger partial charge in [0.25, 0.3) is 0 Å². The zero-order valence-electron chi connectivity index (χ0n) is 9.14. The minimum atomic E-state index is -0.0796. The fourth-order valence-electron chi connectivity index (χ4n) is 1.41. The number of pyridine rings is 1. The second-order valence-electron chi connectivity index (χ2n) is 3.54. The number of ether oxygens (including phenoxy) is 1. The largest absolute Gasteiger partial charge is 0.473 e. The second kappa shape index (κ2) is 5.66. The van der Waals surface area contributed by atoms with Crippen molar-refractivity contribution in [3.05, 3.63) is 58.7 Å². The van der Waals surface area contributed by atoms with Gasteiger partial charge in [0.05, 0.1) is 6.61 Å². The molecule has 0 aliphatic heterocycles. The number of aliphatic hydroxyl groups is 1. The summed E-state index contributed by atoms with van der Waals surface area (Å²) < 4.78 is 5.54. The van der Waals surface area contributed by atoms with Crippen LogP contribution in [0.2, 0.25) is 5.02 Å². The summed E-state index contributed by atoms with van der Waals surface area (Å²) in [6.45, 7) is 0.324. The molecule has 3 nitrogen and oxygen atoms in total. The molecule has 88 valence electrons. The molecule has 0 radical (unpaired) electrons. The molecule has 0 saturated heterocycles. The first-order valence-electron chi connectivity index (χ1n) is 5.21. The highest BCUT2D eigenvalue weighted by Gasteiger charge is 2.03. The topological polar surface area (TPSA) is 42.4 Å². The molecule has 0 aliphatic carbocycles. The predicted molar refractivity (Wildman–Crippen MR) is 65.9 cm³/mol. The first kappa shape index (κ1) is 11.9. The maximum atomic E-state index is 9.11. The number of rotatable bonds is 4. The number of benzene rings is 1. The summed E-state index contributed by atoms with van der Waals surface area (Å²) in [7, 11) is 0. The number of hydrogen-bond donors (Lipinski definition) is 1. The molecule has 1 heterocycles. The SMILES string of the molecule is OCc1cccnc1OCc1ccc(Cl)cc1. The van der Waals surface area contributed by atoms with E-state index >= 15 is 0 Å². The van der Waals surface area contributed by atoms with Crippen molar-refractivity contribution < 1.29 is 9.84 Å². The van der Waals surface area contributed by atoms with E-state index in [0.29, 0.717) is 23.1 Å². The van der Waals surface area contributed by atoms with Crippen molar-refractivity contribution in [2.75, 3.05) is 0 Å². The molecule has 0 amide bonds. The van der Waals surface area contributed by atoms with Crippen LogP contribution in [-0.2, 0) is 13.2 Å². The Balaban J connectivity index is 2.04. The van der Waals surface area contributed by atoms with Crippen LogP contribution in [0.1, 0.15) is 11.1 Å². The molecule has 0 saturated carbocycles. The van der Waals surface area contributed by atoms with Crippen molar-refractivity contribution in [2.45, 2.75) is 13.2 Å². The van der Waals surface area contributed by atoms with Crippen molar-refractivity contribution in [2.24, 2.45) is 0 Å². The smallest absolute Gasteiger partial charge is 0.219 e. The van der Waals surface area contributed by atoms with Crippen LogP contribution >= 0.6 is 11.6 Å².